The largest absolute Gasteiger partial charge is 0.490 e. The summed E-state index contributed by atoms with van der Waals surface area (Å²) in [6, 6.07) is 4.34. The molecule has 0 radical (unpaired) electrons. The Morgan fingerprint density at radius 3 is 2.14 bits per heavy atom. The third-order valence-corrected chi connectivity index (χ3v) is 7.95. The molecule has 2 aliphatic rings. The topological polar surface area (TPSA) is 9.23 Å². The van der Waals surface area contributed by atoms with E-state index in [1.165, 1.54) is 54.1 Å². The number of hydrogen-bond acceptors (Lipinski definition) is 1. The van der Waals surface area contributed by atoms with E-state index in [2.05, 4.69) is 57.8 Å². The van der Waals surface area contributed by atoms with Gasteiger partial charge in [-0.15, -0.1) is 0 Å². The molecule has 3 heteroatoms. The quantitative estimate of drug-likeness (QED) is 0.513. The van der Waals surface area contributed by atoms with Gasteiger partial charge in [0, 0.05) is 14.7 Å². The normalized spacial score (nSPS) is 28.0. The molecule has 1 nitrogen and oxygen atoms in total. The van der Waals surface area contributed by atoms with Crippen molar-refractivity contribution >= 4 is 31.9 Å². The van der Waals surface area contributed by atoms with Gasteiger partial charge in [0.05, 0.1) is 0 Å². The maximum absolute atomic E-state index is 6.44. The molecule has 0 heterocycles. The molecule has 2 aliphatic carbocycles. The van der Waals surface area contributed by atoms with E-state index in [0.717, 1.165) is 12.2 Å². The minimum Gasteiger partial charge on any atom is -0.490 e. The molecule has 2 fully saturated rings. The van der Waals surface area contributed by atoms with Gasteiger partial charge in [-0.2, -0.15) is 0 Å². The van der Waals surface area contributed by atoms with Crippen LogP contribution < -0.4 is 4.74 Å². The molecule has 0 N–H and O–H groups in total. The fourth-order valence-electron chi connectivity index (χ4n) is 4.02. The molecule has 2 unspecified atom stereocenters. The minimum atomic E-state index is 0.380. The average Bonchev–Trinajstić information content (AvgIpc) is 2.72. The van der Waals surface area contributed by atoms with Gasteiger partial charge in [0.1, 0.15) is 11.9 Å². The molecule has 0 amide bonds. The minimum absolute atomic E-state index is 0.380. The van der Waals surface area contributed by atoms with Crippen molar-refractivity contribution in [2.24, 2.45) is 5.41 Å². The molecule has 0 saturated heterocycles. The summed E-state index contributed by atoms with van der Waals surface area (Å²) in [4.78, 5) is 0.644. The predicted molar refractivity (Wildman–Crippen MR) is 95.5 cm³/mol. The summed E-state index contributed by atoms with van der Waals surface area (Å²) in [5, 5.41) is 0. The van der Waals surface area contributed by atoms with Crippen LogP contribution in [0.25, 0.3) is 0 Å². The lowest BCUT2D eigenvalue weighted by molar-refractivity contribution is -0.0462. The molecule has 0 aliphatic heterocycles. The Labute approximate surface area is 145 Å². The maximum Gasteiger partial charge on any atom is 0.120 e. The first kappa shape index (κ1) is 15.9. The van der Waals surface area contributed by atoms with Crippen LogP contribution in [0.5, 0.6) is 5.75 Å². The molecule has 2 saturated carbocycles. The van der Waals surface area contributed by atoms with Gasteiger partial charge in [-0.3, -0.25) is 0 Å². The standard InChI is InChI=1S/C18H24Br2O/c1-12-9-14(10-13(2)17(12)20)21-16-11-15(19)18(16)7-5-3-4-6-8-18/h9-10,15-16H,3-8,11H2,1-2H3. The lowest BCUT2D eigenvalue weighted by Gasteiger charge is -2.53. The van der Waals surface area contributed by atoms with Gasteiger partial charge in [-0.1, -0.05) is 57.5 Å². The van der Waals surface area contributed by atoms with Gasteiger partial charge in [0.2, 0.25) is 0 Å². The van der Waals surface area contributed by atoms with Crippen LogP contribution >= 0.6 is 31.9 Å². The van der Waals surface area contributed by atoms with Gasteiger partial charge < -0.3 is 4.74 Å². The lowest BCUT2D eigenvalue weighted by Crippen LogP contribution is -2.56. The predicted octanol–water partition coefficient (Wildman–Crippen LogP) is 6.32. The Morgan fingerprint density at radius 2 is 1.62 bits per heavy atom. The number of alkyl halides is 1. The zero-order valence-electron chi connectivity index (χ0n) is 12.9. The molecule has 116 valence electrons. The SMILES string of the molecule is Cc1cc(OC2CC(Br)C23CCCCCC3)cc(C)c1Br. The van der Waals surface area contributed by atoms with Crippen LogP contribution in [0.15, 0.2) is 16.6 Å². The Kier molecular flexibility index (Phi) is 4.71. The van der Waals surface area contributed by atoms with E-state index in [1.807, 2.05) is 0 Å². The molecule has 2 atom stereocenters. The third-order valence-electron chi connectivity index (χ3n) is 5.41. The number of rotatable bonds is 2. The van der Waals surface area contributed by atoms with E-state index in [-0.39, 0.29) is 0 Å². The Hall–Kier alpha value is -0.0200. The van der Waals surface area contributed by atoms with Crippen molar-refractivity contribution in [3.8, 4) is 5.75 Å². The van der Waals surface area contributed by atoms with Crippen molar-refractivity contribution in [2.75, 3.05) is 0 Å². The molecular weight excluding hydrogens is 392 g/mol. The highest BCUT2D eigenvalue weighted by atomic mass is 79.9. The van der Waals surface area contributed by atoms with Crippen molar-refractivity contribution in [3.05, 3.63) is 27.7 Å². The molecule has 3 rings (SSSR count). The van der Waals surface area contributed by atoms with Gasteiger partial charge in [0.25, 0.3) is 0 Å². The summed E-state index contributed by atoms with van der Waals surface area (Å²) >= 11 is 7.56. The Morgan fingerprint density at radius 1 is 1.05 bits per heavy atom. The highest BCUT2D eigenvalue weighted by Gasteiger charge is 2.54. The summed E-state index contributed by atoms with van der Waals surface area (Å²) < 4.78 is 7.64. The van der Waals surface area contributed by atoms with Crippen molar-refractivity contribution < 1.29 is 4.74 Å². The second kappa shape index (κ2) is 6.23. The van der Waals surface area contributed by atoms with Crippen LogP contribution in [0.1, 0.15) is 56.1 Å². The van der Waals surface area contributed by atoms with Crippen LogP contribution in [-0.4, -0.2) is 10.9 Å². The molecule has 21 heavy (non-hydrogen) atoms. The van der Waals surface area contributed by atoms with Crippen LogP contribution in [-0.2, 0) is 0 Å². The van der Waals surface area contributed by atoms with Crippen LogP contribution in [0.4, 0.5) is 0 Å². The van der Waals surface area contributed by atoms with Gasteiger partial charge in [0.15, 0.2) is 0 Å². The van der Waals surface area contributed by atoms with E-state index in [4.69, 9.17) is 4.74 Å². The number of aryl methyl sites for hydroxylation is 2. The van der Waals surface area contributed by atoms with E-state index in [9.17, 15) is 0 Å². The molecular formula is C18H24Br2O. The Balaban J connectivity index is 1.78. The summed E-state index contributed by atoms with van der Waals surface area (Å²) in [6.45, 7) is 4.28. The number of benzene rings is 1. The van der Waals surface area contributed by atoms with E-state index >= 15 is 0 Å². The molecule has 1 spiro atoms. The van der Waals surface area contributed by atoms with E-state index in [0.29, 0.717) is 16.3 Å². The van der Waals surface area contributed by atoms with Crippen molar-refractivity contribution in [1.82, 2.24) is 0 Å². The van der Waals surface area contributed by atoms with E-state index in [1.54, 1.807) is 0 Å². The first-order valence-corrected chi connectivity index (χ1v) is 9.81. The van der Waals surface area contributed by atoms with Gasteiger partial charge in [-0.05, 0) is 56.4 Å². The number of hydrogen-bond donors (Lipinski definition) is 0. The van der Waals surface area contributed by atoms with Crippen LogP contribution in [0.3, 0.4) is 0 Å². The summed E-state index contributed by atoms with van der Waals surface area (Å²) in [6.07, 6.45) is 9.69. The summed E-state index contributed by atoms with van der Waals surface area (Å²) in [7, 11) is 0. The number of ether oxygens (including phenoxy) is 1. The smallest absolute Gasteiger partial charge is 0.120 e. The van der Waals surface area contributed by atoms with Gasteiger partial charge >= 0.3 is 0 Å². The second-order valence-electron chi connectivity index (χ2n) is 6.83. The third kappa shape index (κ3) is 2.93. The lowest BCUT2D eigenvalue weighted by atomic mass is 9.61. The first-order chi connectivity index (χ1) is 10.0. The fraction of sp³-hybridized carbons (Fsp3) is 0.667. The van der Waals surface area contributed by atoms with Crippen LogP contribution in [0.2, 0.25) is 0 Å². The summed E-state index contributed by atoms with van der Waals surface area (Å²) in [5.41, 5.74) is 2.90. The molecule has 1 aromatic carbocycles. The average molecular weight is 416 g/mol. The summed E-state index contributed by atoms with van der Waals surface area (Å²) in [5.74, 6) is 1.04. The maximum atomic E-state index is 6.44. The monoisotopic (exact) mass is 414 g/mol. The van der Waals surface area contributed by atoms with Gasteiger partial charge in [-0.25, -0.2) is 0 Å². The van der Waals surface area contributed by atoms with Crippen molar-refractivity contribution in [1.29, 1.82) is 0 Å². The molecule has 0 aromatic heterocycles. The van der Waals surface area contributed by atoms with Crippen molar-refractivity contribution in [2.45, 2.75) is 69.7 Å². The molecule has 1 aromatic rings. The highest BCUT2D eigenvalue weighted by molar-refractivity contribution is 9.10. The second-order valence-corrected chi connectivity index (χ2v) is 8.73. The Bertz CT molecular complexity index is 495. The first-order valence-electron chi connectivity index (χ1n) is 8.10. The number of halogens is 2. The zero-order chi connectivity index (χ0) is 15.0. The fourth-order valence-corrected chi connectivity index (χ4v) is 5.35. The van der Waals surface area contributed by atoms with Crippen molar-refractivity contribution in [3.63, 3.8) is 0 Å². The highest BCUT2D eigenvalue weighted by Crippen LogP contribution is 2.55. The molecule has 0 bridgehead atoms. The zero-order valence-corrected chi connectivity index (χ0v) is 16.1. The van der Waals surface area contributed by atoms with E-state index < -0.39 is 0 Å². The van der Waals surface area contributed by atoms with Crippen LogP contribution in [0, 0.1) is 19.3 Å².